The Hall–Kier alpha value is 0.630. The second kappa shape index (κ2) is 3.56. The van der Waals surface area contributed by atoms with E-state index in [4.69, 9.17) is 4.42 Å². The number of aromatic nitrogens is 1. The van der Waals surface area contributed by atoms with Crippen LogP contribution in [-0.2, 0) is 0 Å². The van der Waals surface area contributed by atoms with Gasteiger partial charge in [0.15, 0.2) is 0 Å². The molecule has 0 fully saturated rings. The van der Waals surface area contributed by atoms with E-state index in [2.05, 4.69) is 33.5 Å². The molecule has 5 heteroatoms. The molecule has 3 nitrogen and oxygen atoms in total. The molecule has 0 amide bonds. The van der Waals surface area contributed by atoms with E-state index in [0.717, 1.165) is 0 Å². The van der Waals surface area contributed by atoms with Gasteiger partial charge < -0.3 is 0 Å². The van der Waals surface area contributed by atoms with Crippen molar-refractivity contribution >= 4 is 18.6 Å². The molecule has 1 atom stereocenters. The van der Waals surface area contributed by atoms with Crippen LogP contribution in [0.25, 0.3) is 0 Å². The quantitative estimate of drug-likeness (QED) is 0.497. The fourth-order valence-corrected chi connectivity index (χ4v) is 3.50. The molecule has 1 aromatic heterocycles. The van der Waals surface area contributed by atoms with Crippen molar-refractivity contribution in [2.75, 3.05) is 9.86 Å². The molecule has 0 aliphatic heterocycles. The molecular weight excluding hydrogens is 372 g/mol. The number of rotatable bonds is 2. The normalized spacial score (nSPS) is 16.4. The second-order valence-electron chi connectivity index (χ2n) is 2.39. The fourth-order valence-electron chi connectivity index (χ4n) is 0.574. The number of aliphatic hydroxyl groups excluding tert-OH is 1. The van der Waals surface area contributed by atoms with E-state index >= 15 is 0 Å². The minimum absolute atomic E-state index is 0.459. The number of nitrogens with zero attached hydrogens (tertiary/aromatic N) is 1. The topological polar surface area (TPSA) is 46.3 Å². The number of alkyl halides is 3. The molecule has 0 aliphatic rings. The van der Waals surface area contributed by atoms with Gasteiger partial charge in [0.2, 0.25) is 0 Å². The molecule has 1 rings (SSSR count). The maximum absolute atomic E-state index is 9.66. The van der Waals surface area contributed by atoms with Gasteiger partial charge in [0.1, 0.15) is 0 Å². The standard InChI is InChI=1S/C6H10I2NO2/c1-8(2,7)5(10)6-9-3-4-11-6/h3-5,10H,1-2H3/q-1. The average Bonchev–Trinajstić information content (AvgIpc) is 2.34. The molecular formula is C6H10I2NO2-. The van der Waals surface area contributed by atoms with Crippen LogP contribution in [0.4, 0.5) is 0 Å². The Balaban J connectivity index is 2.78. The van der Waals surface area contributed by atoms with Gasteiger partial charge in [0.25, 0.3) is 0 Å². The first-order valence-corrected chi connectivity index (χ1v) is 14.8. The molecule has 1 heterocycles. The monoisotopic (exact) mass is 382 g/mol. The van der Waals surface area contributed by atoms with Crippen LogP contribution in [0.2, 0.25) is 0 Å². The SMILES string of the molecule is C[I-](C)(I)C(O)c1ncco1. The van der Waals surface area contributed by atoms with Gasteiger partial charge >= 0.3 is 79.9 Å². The zero-order chi connectivity index (χ0) is 8.48. The van der Waals surface area contributed by atoms with Gasteiger partial charge in [-0.2, -0.15) is 0 Å². The van der Waals surface area contributed by atoms with E-state index < -0.39 is 18.6 Å². The van der Waals surface area contributed by atoms with Crippen molar-refractivity contribution in [3.05, 3.63) is 18.4 Å². The van der Waals surface area contributed by atoms with Crippen LogP contribution in [0.5, 0.6) is 0 Å². The summed E-state index contributed by atoms with van der Waals surface area (Å²) in [5, 5.41) is 9.66. The molecule has 1 unspecified atom stereocenters. The summed E-state index contributed by atoms with van der Waals surface area (Å²) in [7, 11) is 0. The first-order valence-electron chi connectivity index (χ1n) is 2.92. The Morgan fingerprint density at radius 2 is 2.36 bits per heavy atom. The summed E-state index contributed by atoms with van der Waals surface area (Å²) < 4.78 is 4.54. The van der Waals surface area contributed by atoms with Crippen LogP contribution in [0, 0.1) is 0 Å². The van der Waals surface area contributed by atoms with Crippen LogP contribution in [0.1, 0.15) is 10.0 Å². The molecule has 0 saturated carbocycles. The van der Waals surface area contributed by atoms with Gasteiger partial charge in [0.05, 0.1) is 0 Å². The van der Waals surface area contributed by atoms with E-state index in [0.29, 0.717) is 5.89 Å². The van der Waals surface area contributed by atoms with E-state index in [1.165, 1.54) is 6.26 Å². The van der Waals surface area contributed by atoms with Crippen molar-refractivity contribution < 1.29 is 24.0 Å². The summed E-state index contributed by atoms with van der Waals surface area (Å²) in [6.45, 7) is 0. The van der Waals surface area contributed by atoms with E-state index in [1.807, 2.05) is 0 Å². The van der Waals surface area contributed by atoms with Crippen LogP contribution >= 0.6 is 18.6 Å². The third-order valence-electron chi connectivity index (χ3n) is 1.15. The van der Waals surface area contributed by atoms with Crippen molar-refractivity contribution in [1.29, 1.82) is 0 Å². The van der Waals surface area contributed by atoms with Gasteiger partial charge in [-0.05, 0) is 0 Å². The summed E-state index contributed by atoms with van der Waals surface area (Å²) in [6.07, 6.45) is 3.05. The molecule has 1 aromatic rings. The Labute approximate surface area is 79.3 Å². The molecule has 0 saturated heterocycles. The molecule has 0 spiro atoms. The molecule has 1 N–H and O–H groups in total. The number of hydrogen-bond donors (Lipinski definition) is 1. The summed E-state index contributed by atoms with van der Waals surface area (Å²) in [5.41, 5.74) is 0. The number of aliphatic hydroxyl groups is 1. The molecule has 0 bridgehead atoms. The van der Waals surface area contributed by atoms with Crippen molar-refractivity contribution in [2.24, 2.45) is 0 Å². The summed E-state index contributed by atoms with van der Waals surface area (Å²) >= 11 is 0.339. The fraction of sp³-hybridized carbons (Fsp3) is 0.500. The van der Waals surface area contributed by atoms with Crippen LogP contribution in [-0.4, -0.2) is 20.0 Å². The Kier molecular flexibility index (Phi) is 3.15. The van der Waals surface area contributed by atoms with E-state index in [9.17, 15) is 5.11 Å². The first kappa shape index (κ1) is 9.72. The van der Waals surface area contributed by atoms with Gasteiger partial charge in [0, 0.05) is 0 Å². The molecule has 66 valence electrons. The third kappa shape index (κ3) is 2.55. The predicted molar refractivity (Wildman–Crippen MR) is 47.3 cm³/mol. The van der Waals surface area contributed by atoms with Gasteiger partial charge in [-0.3, -0.25) is 0 Å². The third-order valence-corrected chi connectivity index (χ3v) is 7.48. The average molecular weight is 382 g/mol. The second-order valence-corrected chi connectivity index (χ2v) is 24.4. The van der Waals surface area contributed by atoms with Gasteiger partial charge in [-0.25, -0.2) is 0 Å². The van der Waals surface area contributed by atoms with Gasteiger partial charge in [-0.1, -0.05) is 0 Å². The Bertz CT molecular complexity index is 217. The molecule has 11 heavy (non-hydrogen) atoms. The summed E-state index contributed by atoms with van der Waals surface area (Å²) in [4.78, 5) is 8.10. The number of oxazole rings is 1. The van der Waals surface area contributed by atoms with Crippen molar-refractivity contribution in [3.8, 4) is 0 Å². The Morgan fingerprint density at radius 3 is 2.73 bits per heavy atom. The summed E-state index contributed by atoms with van der Waals surface area (Å²) in [5.74, 6) is 0.459. The van der Waals surface area contributed by atoms with Gasteiger partial charge in [-0.15, -0.1) is 0 Å². The minimum atomic E-state index is -2.00. The van der Waals surface area contributed by atoms with Crippen LogP contribution < -0.4 is 14.5 Å². The Morgan fingerprint density at radius 1 is 1.73 bits per heavy atom. The zero-order valence-electron chi connectivity index (χ0n) is 6.29. The molecule has 0 radical (unpaired) electrons. The van der Waals surface area contributed by atoms with Crippen LogP contribution in [0.3, 0.4) is 0 Å². The van der Waals surface area contributed by atoms with E-state index in [-0.39, 0.29) is 0 Å². The van der Waals surface area contributed by atoms with Crippen molar-refractivity contribution in [1.82, 2.24) is 4.98 Å². The zero-order valence-corrected chi connectivity index (χ0v) is 10.6. The van der Waals surface area contributed by atoms with Crippen molar-refractivity contribution in [2.45, 2.75) is 4.11 Å². The number of hydrogen-bond acceptors (Lipinski definition) is 3. The first-order chi connectivity index (χ1) is 5.02. The van der Waals surface area contributed by atoms with Crippen LogP contribution in [0.15, 0.2) is 16.9 Å². The molecule has 0 aliphatic carbocycles. The maximum atomic E-state index is 9.66. The van der Waals surface area contributed by atoms with Crippen molar-refractivity contribution in [3.63, 3.8) is 0 Å². The summed E-state index contributed by atoms with van der Waals surface area (Å²) in [6, 6.07) is 0. The van der Waals surface area contributed by atoms with E-state index in [1.54, 1.807) is 6.20 Å². The predicted octanol–water partition coefficient (Wildman–Crippen LogP) is -1.56. The molecule has 0 aromatic carbocycles. The number of halogens is 2.